The van der Waals surface area contributed by atoms with E-state index in [0.717, 1.165) is 0 Å². The summed E-state index contributed by atoms with van der Waals surface area (Å²) in [6, 6.07) is 3.75. The van der Waals surface area contributed by atoms with Crippen LogP contribution < -0.4 is 0 Å². The Morgan fingerprint density at radius 3 is 1.83 bits per heavy atom. The van der Waals surface area contributed by atoms with Crippen LogP contribution in [0.3, 0.4) is 0 Å². The molecule has 3 N–H and O–H groups in total. The van der Waals surface area contributed by atoms with Crippen molar-refractivity contribution in [1.29, 1.82) is 0 Å². The Hall–Kier alpha value is -0.710. The van der Waals surface area contributed by atoms with Crippen LogP contribution in [0.4, 0.5) is 0 Å². The third kappa shape index (κ3) is 2.14. The van der Waals surface area contributed by atoms with Crippen LogP contribution in [0.5, 0.6) is 11.5 Å². The fourth-order valence-electron chi connectivity index (χ4n) is 0.747. The van der Waals surface area contributed by atoms with Crippen LogP contribution in [0.1, 0.15) is 10.4 Å². The zero-order chi connectivity index (χ0) is 8.43. The van der Waals surface area contributed by atoms with E-state index < -0.39 is 23.0 Å². The minimum atomic E-state index is -1.35. The fraction of sp³-hybridized carbons (Fsp3) is 0. The molecular formula is C7H7NaO4. The SMILES string of the molecule is O=C(O)c1c(O)cccc1O.[NaH]. The van der Waals surface area contributed by atoms with Crippen LogP contribution in [-0.4, -0.2) is 50.8 Å². The van der Waals surface area contributed by atoms with Crippen molar-refractivity contribution in [3.8, 4) is 11.5 Å². The second-order valence-corrected chi connectivity index (χ2v) is 1.98. The topological polar surface area (TPSA) is 77.8 Å². The monoisotopic (exact) mass is 178 g/mol. The van der Waals surface area contributed by atoms with Crippen LogP contribution >= 0.6 is 0 Å². The van der Waals surface area contributed by atoms with E-state index in [2.05, 4.69) is 0 Å². The molecule has 0 aliphatic carbocycles. The predicted octanol–water partition coefficient (Wildman–Crippen LogP) is 0.147. The van der Waals surface area contributed by atoms with Crippen molar-refractivity contribution in [3.05, 3.63) is 23.8 Å². The Balaban J connectivity index is 0.00000121. The molecule has 1 aromatic rings. The van der Waals surface area contributed by atoms with E-state index in [9.17, 15) is 4.79 Å². The zero-order valence-corrected chi connectivity index (χ0v) is 5.48. The quantitative estimate of drug-likeness (QED) is 0.535. The van der Waals surface area contributed by atoms with E-state index in [0.29, 0.717) is 0 Å². The molecule has 0 atom stereocenters. The van der Waals surface area contributed by atoms with Gasteiger partial charge in [-0.2, -0.15) is 0 Å². The molecule has 0 fully saturated rings. The zero-order valence-electron chi connectivity index (χ0n) is 5.48. The van der Waals surface area contributed by atoms with Gasteiger partial charge in [-0.1, -0.05) is 6.07 Å². The maximum atomic E-state index is 10.3. The van der Waals surface area contributed by atoms with Crippen molar-refractivity contribution in [2.24, 2.45) is 0 Å². The van der Waals surface area contributed by atoms with E-state index in [4.69, 9.17) is 15.3 Å². The molecule has 5 heteroatoms. The van der Waals surface area contributed by atoms with E-state index in [-0.39, 0.29) is 29.6 Å². The average molecular weight is 178 g/mol. The van der Waals surface area contributed by atoms with Gasteiger partial charge >= 0.3 is 35.5 Å². The Morgan fingerprint density at radius 1 is 1.17 bits per heavy atom. The van der Waals surface area contributed by atoms with Crippen LogP contribution in [0.2, 0.25) is 0 Å². The van der Waals surface area contributed by atoms with Gasteiger partial charge in [-0.05, 0) is 12.1 Å². The summed E-state index contributed by atoms with van der Waals surface area (Å²) in [6.07, 6.45) is 0. The van der Waals surface area contributed by atoms with E-state index in [1.165, 1.54) is 18.2 Å². The molecule has 0 aromatic heterocycles. The summed E-state index contributed by atoms with van der Waals surface area (Å²) in [5, 5.41) is 26.3. The minimum absolute atomic E-state index is 0. The number of benzene rings is 1. The number of phenols is 2. The van der Waals surface area contributed by atoms with E-state index in [1.807, 2.05) is 0 Å². The fourth-order valence-corrected chi connectivity index (χ4v) is 0.747. The van der Waals surface area contributed by atoms with Crippen LogP contribution in [0.25, 0.3) is 0 Å². The molecule has 0 aliphatic rings. The van der Waals surface area contributed by atoms with Gasteiger partial charge in [0.05, 0.1) is 0 Å². The van der Waals surface area contributed by atoms with Gasteiger partial charge in [-0.15, -0.1) is 0 Å². The number of rotatable bonds is 1. The number of hydrogen-bond donors (Lipinski definition) is 3. The first kappa shape index (κ1) is 11.3. The van der Waals surface area contributed by atoms with Crippen molar-refractivity contribution in [2.75, 3.05) is 0 Å². The molecule has 12 heavy (non-hydrogen) atoms. The molecular weight excluding hydrogens is 171 g/mol. The molecule has 0 saturated carbocycles. The van der Waals surface area contributed by atoms with Gasteiger partial charge < -0.3 is 15.3 Å². The van der Waals surface area contributed by atoms with Crippen LogP contribution in [-0.2, 0) is 0 Å². The van der Waals surface area contributed by atoms with Gasteiger partial charge in [0.25, 0.3) is 0 Å². The summed E-state index contributed by atoms with van der Waals surface area (Å²) < 4.78 is 0. The van der Waals surface area contributed by atoms with Crippen LogP contribution in [0, 0.1) is 0 Å². The van der Waals surface area contributed by atoms with Crippen molar-refractivity contribution in [3.63, 3.8) is 0 Å². The average Bonchev–Trinajstić information content (AvgIpc) is 1.85. The number of carboxylic acid groups (broad SMARTS) is 1. The maximum absolute atomic E-state index is 10.3. The second kappa shape index (κ2) is 4.35. The van der Waals surface area contributed by atoms with Crippen molar-refractivity contribution >= 4 is 35.5 Å². The summed E-state index contributed by atoms with van der Waals surface area (Å²) in [4.78, 5) is 10.3. The van der Waals surface area contributed by atoms with Gasteiger partial charge in [-0.3, -0.25) is 0 Å². The molecule has 1 rings (SSSR count). The summed E-state index contributed by atoms with van der Waals surface area (Å²) in [7, 11) is 0. The van der Waals surface area contributed by atoms with Crippen molar-refractivity contribution < 1.29 is 20.1 Å². The molecule has 0 bridgehead atoms. The third-order valence-corrected chi connectivity index (χ3v) is 1.23. The molecule has 0 radical (unpaired) electrons. The molecule has 0 aliphatic heterocycles. The summed E-state index contributed by atoms with van der Waals surface area (Å²) in [6.45, 7) is 0. The Bertz CT molecular complexity index is 277. The summed E-state index contributed by atoms with van der Waals surface area (Å²) in [5.41, 5.74) is -0.465. The molecule has 0 amide bonds. The summed E-state index contributed by atoms with van der Waals surface area (Å²) >= 11 is 0. The molecule has 0 spiro atoms. The molecule has 0 heterocycles. The van der Waals surface area contributed by atoms with Crippen molar-refractivity contribution in [2.45, 2.75) is 0 Å². The normalized spacial score (nSPS) is 8.67. The van der Waals surface area contributed by atoms with Crippen LogP contribution in [0.15, 0.2) is 18.2 Å². The van der Waals surface area contributed by atoms with Gasteiger partial charge in [0, 0.05) is 0 Å². The van der Waals surface area contributed by atoms with Gasteiger partial charge in [0.15, 0.2) is 0 Å². The molecule has 1 aromatic carbocycles. The number of aromatic carboxylic acids is 1. The van der Waals surface area contributed by atoms with E-state index in [1.54, 1.807) is 0 Å². The number of hydrogen-bond acceptors (Lipinski definition) is 3. The number of carboxylic acids is 1. The van der Waals surface area contributed by atoms with Gasteiger partial charge in [-0.25, -0.2) is 4.79 Å². The Kier molecular flexibility index (Phi) is 4.09. The molecule has 0 saturated heterocycles. The Labute approximate surface area is 90.8 Å². The first-order valence-electron chi connectivity index (χ1n) is 2.87. The number of aromatic hydroxyl groups is 2. The summed E-state index contributed by atoms with van der Waals surface area (Å²) in [5.74, 6) is -2.21. The standard InChI is InChI=1S/C7H6O4.Na.H/c8-4-2-1-3-5(9)6(4)7(10)11;;/h1-3,8-9H,(H,10,11);;. The molecule has 0 unspecified atom stereocenters. The van der Waals surface area contributed by atoms with Gasteiger partial charge in [0.2, 0.25) is 0 Å². The number of carbonyl (C=O) groups is 1. The van der Waals surface area contributed by atoms with E-state index >= 15 is 0 Å². The molecule has 4 nitrogen and oxygen atoms in total. The predicted molar refractivity (Wildman–Crippen MR) is 43.9 cm³/mol. The second-order valence-electron chi connectivity index (χ2n) is 1.98. The van der Waals surface area contributed by atoms with Gasteiger partial charge in [0.1, 0.15) is 17.1 Å². The first-order valence-corrected chi connectivity index (χ1v) is 2.87. The molecule has 60 valence electrons. The third-order valence-electron chi connectivity index (χ3n) is 1.23. The Morgan fingerprint density at radius 2 is 1.58 bits per heavy atom. The first-order chi connectivity index (χ1) is 5.13. The van der Waals surface area contributed by atoms with Crippen molar-refractivity contribution in [1.82, 2.24) is 0 Å².